The Morgan fingerprint density at radius 1 is 1.53 bits per heavy atom. The molecule has 0 spiro atoms. The average molecular weight is 308 g/mol. The van der Waals surface area contributed by atoms with Gasteiger partial charge in [-0.1, -0.05) is 12.7 Å². The highest BCUT2D eigenvalue weighted by Gasteiger charge is 2.25. The van der Waals surface area contributed by atoms with Crippen LogP contribution in [0.15, 0.2) is 29.7 Å². The first-order valence-electron chi connectivity index (χ1n) is 4.86. The van der Waals surface area contributed by atoms with Gasteiger partial charge in [0.05, 0.1) is 18.1 Å². The smallest absolute Gasteiger partial charge is 0.274 e. The molecule has 0 heterocycles. The van der Waals surface area contributed by atoms with Gasteiger partial charge in [-0.05, 0) is 0 Å². The van der Waals surface area contributed by atoms with E-state index in [-0.39, 0.29) is 18.1 Å². The van der Waals surface area contributed by atoms with Crippen molar-refractivity contribution in [1.82, 2.24) is 0 Å². The second-order valence-electron chi connectivity index (χ2n) is 3.27. The van der Waals surface area contributed by atoms with E-state index in [1.165, 1.54) is 13.2 Å². The second kappa shape index (κ2) is 5.89. The Kier molecular flexibility index (Phi) is 4.73. The molecule has 0 saturated carbocycles. The molecule has 104 valence electrons. The number of non-ortho nitro benzene ring substituents is 1. The van der Waals surface area contributed by atoms with Gasteiger partial charge < -0.3 is 9.47 Å². The van der Waals surface area contributed by atoms with Gasteiger partial charge in [0, 0.05) is 16.7 Å². The number of nitrogens with zero attached hydrogens (tertiary/aromatic N) is 1. The van der Waals surface area contributed by atoms with Crippen LogP contribution in [-0.4, -0.2) is 27.1 Å². The Balaban J connectivity index is 3.55. The van der Waals surface area contributed by atoms with Crippen molar-refractivity contribution in [3.05, 3.63) is 34.9 Å². The van der Waals surface area contributed by atoms with Crippen LogP contribution in [0.25, 0.3) is 0 Å². The van der Waals surface area contributed by atoms with Crippen molar-refractivity contribution >= 4 is 25.4 Å². The minimum Gasteiger partial charge on any atom is -0.492 e. The van der Waals surface area contributed by atoms with Crippen LogP contribution in [0.5, 0.6) is 11.5 Å². The lowest BCUT2D eigenvalue weighted by atomic mass is 10.3. The number of ether oxygens (including phenoxy) is 2. The van der Waals surface area contributed by atoms with Crippen molar-refractivity contribution in [3.63, 3.8) is 0 Å². The van der Waals surface area contributed by atoms with Gasteiger partial charge in [0.15, 0.2) is 11.5 Å². The van der Waals surface area contributed by atoms with Crippen LogP contribution in [0, 0.1) is 10.1 Å². The first-order valence-corrected chi connectivity index (χ1v) is 7.17. The van der Waals surface area contributed by atoms with Crippen LogP contribution in [0.1, 0.15) is 0 Å². The molecule has 9 heteroatoms. The minimum absolute atomic E-state index is 0.0271. The number of halogens is 1. The summed E-state index contributed by atoms with van der Waals surface area (Å²) in [6, 6.07) is 1.86. The maximum Gasteiger partial charge on any atom is 0.274 e. The Labute approximate surface area is 114 Å². The SMILES string of the molecule is C=CCOc1cc([N+](=O)[O-])cc(S(=O)(=O)Cl)c1OC. The van der Waals surface area contributed by atoms with Crippen molar-refractivity contribution in [2.24, 2.45) is 0 Å². The van der Waals surface area contributed by atoms with E-state index < -0.39 is 24.6 Å². The number of hydrogen-bond acceptors (Lipinski definition) is 6. The first kappa shape index (κ1) is 15.3. The van der Waals surface area contributed by atoms with Gasteiger partial charge in [-0.3, -0.25) is 10.1 Å². The molecule has 0 aliphatic carbocycles. The molecule has 0 unspecified atom stereocenters. The van der Waals surface area contributed by atoms with Crippen LogP contribution in [-0.2, 0) is 9.05 Å². The van der Waals surface area contributed by atoms with E-state index in [2.05, 4.69) is 6.58 Å². The number of nitro groups is 1. The van der Waals surface area contributed by atoms with E-state index in [9.17, 15) is 18.5 Å². The van der Waals surface area contributed by atoms with Crippen molar-refractivity contribution in [3.8, 4) is 11.5 Å². The Hall–Kier alpha value is -1.80. The fraction of sp³-hybridized carbons (Fsp3) is 0.200. The maximum absolute atomic E-state index is 11.4. The Bertz CT molecular complexity index is 613. The lowest BCUT2D eigenvalue weighted by Gasteiger charge is -2.11. The lowest BCUT2D eigenvalue weighted by molar-refractivity contribution is -0.385. The van der Waals surface area contributed by atoms with Crippen LogP contribution in [0.4, 0.5) is 5.69 Å². The zero-order chi connectivity index (χ0) is 14.6. The fourth-order valence-electron chi connectivity index (χ4n) is 1.31. The third-order valence-corrected chi connectivity index (χ3v) is 3.37. The molecule has 0 N–H and O–H groups in total. The van der Waals surface area contributed by atoms with E-state index in [0.717, 1.165) is 12.1 Å². The molecule has 1 aromatic carbocycles. The summed E-state index contributed by atoms with van der Waals surface area (Å²) in [5.74, 6) is -0.293. The van der Waals surface area contributed by atoms with Crippen LogP contribution < -0.4 is 9.47 Å². The molecule has 0 fully saturated rings. The molecule has 0 aliphatic rings. The second-order valence-corrected chi connectivity index (χ2v) is 5.80. The van der Waals surface area contributed by atoms with E-state index in [4.69, 9.17) is 20.2 Å². The van der Waals surface area contributed by atoms with E-state index in [1.807, 2.05) is 0 Å². The van der Waals surface area contributed by atoms with Crippen molar-refractivity contribution in [2.75, 3.05) is 13.7 Å². The quantitative estimate of drug-likeness (QED) is 0.345. The monoisotopic (exact) mass is 307 g/mol. The van der Waals surface area contributed by atoms with Gasteiger partial charge in [0.25, 0.3) is 14.7 Å². The molecule has 1 aromatic rings. The zero-order valence-electron chi connectivity index (χ0n) is 9.83. The number of hydrogen-bond donors (Lipinski definition) is 0. The molecule has 0 atom stereocenters. The van der Waals surface area contributed by atoms with Gasteiger partial charge >= 0.3 is 0 Å². The molecule has 7 nitrogen and oxygen atoms in total. The van der Waals surface area contributed by atoms with Crippen LogP contribution >= 0.6 is 10.7 Å². The van der Waals surface area contributed by atoms with Crippen molar-refractivity contribution < 1.29 is 22.8 Å². The van der Waals surface area contributed by atoms with Crippen LogP contribution in [0.2, 0.25) is 0 Å². The lowest BCUT2D eigenvalue weighted by Crippen LogP contribution is -2.03. The van der Waals surface area contributed by atoms with Crippen LogP contribution in [0.3, 0.4) is 0 Å². The summed E-state index contributed by atoms with van der Waals surface area (Å²) >= 11 is 0. The number of rotatable bonds is 6. The van der Waals surface area contributed by atoms with E-state index in [1.54, 1.807) is 0 Å². The minimum atomic E-state index is -4.21. The first-order chi connectivity index (χ1) is 8.81. The molecule has 0 aromatic heterocycles. The number of nitro benzene ring substituents is 1. The summed E-state index contributed by atoms with van der Waals surface area (Å²) in [5, 5.41) is 10.8. The Morgan fingerprint density at radius 3 is 2.58 bits per heavy atom. The van der Waals surface area contributed by atoms with E-state index in [0.29, 0.717) is 0 Å². The molecule has 19 heavy (non-hydrogen) atoms. The fourth-order valence-corrected chi connectivity index (χ4v) is 2.32. The average Bonchev–Trinajstić information content (AvgIpc) is 2.33. The zero-order valence-corrected chi connectivity index (χ0v) is 11.4. The molecule has 0 bridgehead atoms. The third kappa shape index (κ3) is 3.58. The molecule has 0 saturated heterocycles. The summed E-state index contributed by atoms with van der Waals surface area (Å²) < 4.78 is 32.8. The largest absolute Gasteiger partial charge is 0.492 e. The summed E-state index contributed by atoms with van der Waals surface area (Å²) in [6.07, 6.45) is 1.40. The molecule has 0 amide bonds. The van der Waals surface area contributed by atoms with Crippen molar-refractivity contribution in [2.45, 2.75) is 4.90 Å². The molecular formula is C10H10ClNO6S. The van der Waals surface area contributed by atoms with Gasteiger partial charge in [-0.15, -0.1) is 0 Å². The highest BCUT2D eigenvalue weighted by atomic mass is 35.7. The van der Waals surface area contributed by atoms with Gasteiger partial charge in [0.1, 0.15) is 11.5 Å². The predicted octanol–water partition coefficient (Wildman–Crippen LogP) is 2.10. The topological polar surface area (TPSA) is 95.7 Å². The summed E-state index contributed by atoms with van der Waals surface area (Å²) in [4.78, 5) is 9.48. The summed E-state index contributed by atoms with van der Waals surface area (Å²) in [7, 11) is 2.21. The predicted molar refractivity (Wildman–Crippen MR) is 68.4 cm³/mol. The van der Waals surface area contributed by atoms with E-state index >= 15 is 0 Å². The molecule has 1 rings (SSSR count). The highest BCUT2D eigenvalue weighted by Crippen LogP contribution is 2.39. The highest BCUT2D eigenvalue weighted by molar-refractivity contribution is 8.13. The van der Waals surface area contributed by atoms with Crippen molar-refractivity contribution in [1.29, 1.82) is 0 Å². The number of benzene rings is 1. The molecular weight excluding hydrogens is 298 g/mol. The Morgan fingerprint density at radius 2 is 2.16 bits per heavy atom. The summed E-state index contributed by atoms with van der Waals surface area (Å²) in [6.45, 7) is 3.44. The standard InChI is InChI=1S/C10H10ClNO6S/c1-3-4-18-8-5-7(12(13)14)6-9(10(8)17-2)19(11,15)16/h3,5-6H,1,4H2,2H3. The molecule has 0 radical (unpaired) electrons. The van der Waals surface area contributed by atoms with Gasteiger partial charge in [0.2, 0.25) is 0 Å². The number of methoxy groups -OCH3 is 1. The normalized spacial score (nSPS) is 10.8. The third-order valence-electron chi connectivity index (χ3n) is 2.04. The molecule has 0 aliphatic heterocycles. The summed E-state index contributed by atoms with van der Waals surface area (Å²) in [5.41, 5.74) is -0.473. The maximum atomic E-state index is 11.4. The van der Waals surface area contributed by atoms with Gasteiger partial charge in [-0.25, -0.2) is 8.42 Å². The van der Waals surface area contributed by atoms with Gasteiger partial charge in [-0.2, -0.15) is 0 Å².